The molecule has 1 unspecified atom stereocenters. The summed E-state index contributed by atoms with van der Waals surface area (Å²) in [7, 11) is 0. The average Bonchev–Trinajstić information content (AvgIpc) is 3.26. The molecular formula is C18H27N3O5. The molecule has 0 saturated carbocycles. The van der Waals surface area contributed by atoms with Crippen LogP contribution in [0.2, 0.25) is 0 Å². The van der Waals surface area contributed by atoms with Crippen molar-refractivity contribution in [1.29, 1.82) is 0 Å². The van der Waals surface area contributed by atoms with Crippen LogP contribution in [0.3, 0.4) is 0 Å². The molecule has 26 heavy (non-hydrogen) atoms. The van der Waals surface area contributed by atoms with E-state index in [9.17, 15) is 14.4 Å². The number of nitrogens with zero attached hydrogens (tertiary/aromatic N) is 3. The predicted octanol–water partition coefficient (Wildman–Crippen LogP) is 0.459. The molecule has 8 nitrogen and oxygen atoms in total. The number of cyclic esters (lactones) is 1. The Morgan fingerprint density at radius 3 is 2.62 bits per heavy atom. The van der Waals surface area contributed by atoms with Gasteiger partial charge in [0.15, 0.2) is 0 Å². The smallest absolute Gasteiger partial charge is 0.410 e. The van der Waals surface area contributed by atoms with Gasteiger partial charge in [0, 0.05) is 38.9 Å². The minimum absolute atomic E-state index is 0.0484. The summed E-state index contributed by atoms with van der Waals surface area (Å²) in [4.78, 5) is 42.7. The third-order valence-electron chi connectivity index (χ3n) is 6.28. The van der Waals surface area contributed by atoms with Crippen molar-refractivity contribution < 1.29 is 23.9 Å². The van der Waals surface area contributed by atoms with Crippen LogP contribution < -0.4 is 0 Å². The summed E-state index contributed by atoms with van der Waals surface area (Å²) in [6, 6.07) is 0.276. The van der Waals surface area contributed by atoms with Crippen LogP contribution in [-0.2, 0) is 19.1 Å². The molecule has 4 aliphatic heterocycles. The Hall–Kier alpha value is -1.83. The first-order chi connectivity index (χ1) is 12.6. The Morgan fingerprint density at radius 2 is 1.88 bits per heavy atom. The highest BCUT2D eigenvalue weighted by Crippen LogP contribution is 2.41. The van der Waals surface area contributed by atoms with Crippen molar-refractivity contribution in [2.45, 2.75) is 38.1 Å². The van der Waals surface area contributed by atoms with Crippen molar-refractivity contribution in [2.24, 2.45) is 5.41 Å². The van der Waals surface area contributed by atoms with Gasteiger partial charge in [-0.15, -0.1) is 0 Å². The van der Waals surface area contributed by atoms with E-state index in [-0.39, 0.29) is 24.4 Å². The van der Waals surface area contributed by atoms with Crippen LogP contribution in [0, 0.1) is 5.41 Å². The SMILES string of the molecule is O=C(CN1CCOC1=O)N1CCC2(CCCN(C3CCOCC3)C2=O)C1. The lowest BCUT2D eigenvalue weighted by Gasteiger charge is -2.44. The second-order valence-corrected chi connectivity index (χ2v) is 7.83. The minimum Gasteiger partial charge on any atom is -0.448 e. The summed E-state index contributed by atoms with van der Waals surface area (Å²) >= 11 is 0. The molecule has 3 amide bonds. The molecule has 0 aromatic rings. The van der Waals surface area contributed by atoms with Crippen molar-refractivity contribution >= 4 is 17.9 Å². The molecule has 4 fully saturated rings. The van der Waals surface area contributed by atoms with Crippen LogP contribution in [0.25, 0.3) is 0 Å². The van der Waals surface area contributed by atoms with E-state index in [0.29, 0.717) is 26.2 Å². The lowest BCUT2D eigenvalue weighted by atomic mass is 9.77. The van der Waals surface area contributed by atoms with E-state index >= 15 is 0 Å². The maximum Gasteiger partial charge on any atom is 0.410 e. The average molecular weight is 365 g/mol. The highest BCUT2D eigenvalue weighted by Gasteiger charge is 2.50. The fraction of sp³-hybridized carbons (Fsp3) is 0.833. The molecule has 4 saturated heterocycles. The van der Waals surface area contributed by atoms with Crippen LogP contribution in [-0.4, -0.2) is 91.2 Å². The zero-order valence-electron chi connectivity index (χ0n) is 15.2. The van der Waals surface area contributed by atoms with Crippen molar-refractivity contribution in [3.8, 4) is 0 Å². The van der Waals surface area contributed by atoms with E-state index in [0.717, 1.165) is 51.9 Å². The maximum atomic E-state index is 13.3. The van der Waals surface area contributed by atoms with Gasteiger partial charge in [-0.1, -0.05) is 0 Å². The first-order valence-electron chi connectivity index (χ1n) is 9.67. The number of hydrogen-bond donors (Lipinski definition) is 0. The fourth-order valence-electron chi connectivity index (χ4n) is 4.74. The summed E-state index contributed by atoms with van der Waals surface area (Å²) in [6.07, 6.45) is 3.95. The Labute approximate surface area is 153 Å². The summed E-state index contributed by atoms with van der Waals surface area (Å²) in [5.41, 5.74) is -0.433. The number of ether oxygens (including phenoxy) is 2. The minimum atomic E-state index is -0.433. The van der Waals surface area contributed by atoms with E-state index < -0.39 is 11.5 Å². The van der Waals surface area contributed by atoms with Crippen molar-refractivity contribution in [2.75, 3.05) is 52.5 Å². The van der Waals surface area contributed by atoms with Gasteiger partial charge in [0.05, 0.1) is 12.0 Å². The van der Waals surface area contributed by atoms with Crippen molar-refractivity contribution in [1.82, 2.24) is 14.7 Å². The van der Waals surface area contributed by atoms with Gasteiger partial charge in [0.25, 0.3) is 0 Å². The number of amides is 3. The molecule has 0 bridgehead atoms. The number of likely N-dealkylation sites (tertiary alicyclic amines) is 2. The molecule has 0 aromatic heterocycles. The molecule has 0 aromatic carbocycles. The van der Waals surface area contributed by atoms with Crippen LogP contribution in [0.4, 0.5) is 4.79 Å². The third kappa shape index (κ3) is 3.15. The molecule has 4 aliphatic rings. The van der Waals surface area contributed by atoms with Crippen LogP contribution in [0.5, 0.6) is 0 Å². The molecule has 1 spiro atoms. The summed E-state index contributed by atoms with van der Waals surface area (Å²) in [6.45, 7) is 4.18. The number of carbonyl (C=O) groups excluding carboxylic acids is 3. The number of carbonyl (C=O) groups is 3. The van der Waals surface area contributed by atoms with Crippen molar-refractivity contribution in [3.05, 3.63) is 0 Å². The lowest BCUT2D eigenvalue weighted by molar-refractivity contribution is -0.151. The first-order valence-corrected chi connectivity index (χ1v) is 9.67. The Kier molecular flexibility index (Phi) is 4.77. The standard InChI is InChI=1S/C18H27N3O5/c22-15(12-19-8-11-26-17(19)24)20-7-5-18(13-20)4-1-6-21(16(18)23)14-2-9-25-10-3-14/h14H,1-13H2. The largest absolute Gasteiger partial charge is 0.448 e. The lowest BCUT2D eigenvalue weighted by Crippen LogP contribution is -2.55. The summed E-state index contributed by atoms with van der Waals surface area (Å²) < 4.78 is 10.3. The van der Waals surface area contributed by atoms with E-state index in [1.807, 2.05) is 0 Å². The second kappa shape index (κ2) is 7.06. The maximum absolute atomic E-state index is 13.3. The Morgan fingerprint density at radius 1 is 1.08 bits per heavy atom. The van der Waals surface area contributed by atoms with Crippen molar-refractivity contribution in [3.63, 3.8) is 0 Å². The van der Waals surface area contributed by atoms with Gasteiger partial charge >= 0.3 is 6.09 Å². The van der Waals surface area contributed by atoms with E-state index in [4.69, 9.17) is 9.47 Å². The molecule has 0 N–H and O–H groups in total. The zero-order valence-corrected chi connectivity index (χ0v) is 15.2. The van der Waals surface area contributed by atoms with Gasteiger partial charge < -0.3 is 19.3 Å². The molecule has 1 atom stereocenters. The topological polar surface area (TPSA) is 79.4 Å². The molecule has 144 valence electrons. The van der Waals surface area contributed by atoms with E-state index in [2.05, 4.69) is 4.90 Å². The normalized spacial score (nSPS) is 30.4. The van der Waals surface area contributed by atoms with Gasteiger partial charge in [-0.2, -0.15) is 0 Å². The number of hydrogen-bond acceptors (Lipinski definition) is 5. The summed E-state index contributed by atoms with van der Waals surface area (Å²) in [5.74, 6) is 0.128. The van der Waals surface area contributed by atoms with E-state index in [1.54, 1.807) is 4.90 Å². The fourth-order valence-corrected chi connectivity index (χ4v) is 4.74. The van der Waals surface area contributed by atoms with Crippen LogP contribution in [0.15, 0.2) is 0 Å². The van der Waals surface area contributed by atoms with Gasteiger partial charge in [-0.3, -0.25) is 14.5 Å². The highest BCUT2D eigenvalue weighted by molar-refractivity contribution is 5.87. The monoisotopic (exact) mass is 365 g/mol. The molecule has 0 radical (unpaired) electrons. The van der Waals surface area contributed by atoms with Gasteiger partial charge in [-0.25, -0.2) is 4.79 Å². The van der Waals surface area contributed by atoms with Crippen LogP contribution >= 0.6 is 0 Å². The molecule has 8 heteroatoms. The quantitative estimate of drug-likeness (QED) is 0.726. The Bertz CT molecular complexity index is 591. The first kappa shape index (κ1) is 17.6. The molecule has 4 rings (SSSR count). The van der Waals surface area contributed by atoms with Gasteiger partial charge in [0.2, 0.25) is 11.8 Å². The van der Waals surface area contributed by atoms with Gasteiger partial charge in [0.1, 0.15) is 13.2 Å². The zero-order chi connectivity index (χ0) is 18.1. The Balaban J connectivity index is 1.40. The molecule has 0 aliphatic carbocycles. The third-order valence-corrected chi connectivity index (χ3v) is 6.28. The molecular weight excluding hydrogens is 338 g/mol. The molecule has 4 heterocycles. The number of rotatable bonds is 3. The second-order valence-electron chi connectivity index (χ2n) is 7.83. The highest BCUT2D eigenvalue weighted by atomic mass is 16.6. The number of piperidine rings is 1. The predicted molar refractivity (Wildman–Crippen MR) is 91.3 cm³/mol. The van der Waals surface area contributed by atoms with Crippen LogP contribution in [0.1, 0.15) is 32.1 Å². The summed E-state index contributed by atoms with van der Waals surface area (Å²) in [5, 5.41) is 0. The van der Waals surface area contributed by atoms with Gasteiger partial charge in [-0.05, 0) is 32.1 Å². The van der Waals surface area contributed by atoms with E-state index in [1.165, 1.54) is 4.90 Å².